The molecule has 4 rings (SSSR count). The van der Waals surface area contributed by atoms with Gasteiger partial charge in [-0.05, 0) is 81.0 Å². The SMILES string of the molecule is O=C(Nc1ccc(OC2CCCC2)cc1)c1cccc(N2CCCCS2(=O)=O)c1. The van der Waals surface area contributed by atoms with Crippen LogP contribution in [0.15, 0.2) is 48.5 Å². The summed E-state index contributed by atoms with van der Waals surface area (Å²) in [5.41, 5.74) is 1.64. The zero-order valence-corrected chi connectivity index (χ0v) is 17.2. The molecule has 0 radical (unpaired) electrons. The lowest BCUT2D eigenvalue weighted by molar-refractivity contribution is 0.102. The van der Waals surface area contributed by atoms with Gasteiger partial charge >= 0.3 is 0 Å². The highest BCUT2D eigenvalue weighted by atomic mass is 32.2. The van der Waals surface area contributed by atoms with Crippen LogP contribution >= 0.6 is 0 Å². The lowest BCUT2D eigenvalue weighted by Gasteiger charge is -2.28. The molecular formula is C22H26N2O4S. The summed E-state index contributed by atoms with van der Waals surface area (Å²) in [6.07, 6.45) is 6.44. The van der Waals surface area contributed by atoms with E-state index in [9.17, 15) is 13.2 Å². The molecule has 0 bridgehead atoms. The number of carbonyl (C=O) groups is 1. The smallest absolute Gasteiger partial charge is 0.255 e. The molecule has 6 nitrogen and oxygen atoms in total. The van der Waals surface area contributed by atoms with Crippen molar-refractivity contribution in [1.82, 2.24) is 0 Å². The van der Waals surface area contributed by atoms with Crippen molar-refractivity contribution in [2.75, 3.05) is 21.9 Å². The third-order valence-electron chi connectivity index (χ3n) is 5.46. The zero-order chi connectivity index (χ0) is 20.3. The van der Waals surface area contributed by atoms with Gasteiger partial charge in [-0.2, -0.15) is 0 Å². The molecule has 2 aromatic rings. The fourth-order valence-corrected chi connectivity index (χ4v) is 5.53. The zero-order valence-electron chi connectivity index (χ0n) is 16.3. The van der Waals surface area contributed by atoms with Gasteiger partial charge in [-0.15, -0.1) is 0 Å². The lowest BCUT2D eigenvalue weighted by atomic mass is 10.1. The molecule has 29 heavy (non-hydrogen) atoms. The number of sulfonamides is 1. The number of rotatable bonds is 5. The second-order valence-corrected chi connectivity index (χ2v) is 9.66. The highest BCUT2D eigenvalue weighted by Gasteiger charge is 2.26. The van der Waals surface area contributed by atoms with Crippen LogP contribution in [0.4, 0.5) is 11.4 Å². The molecule has 0 atom stereocenters. The maximum Gasteiger partial charge on any atom is 0.255 e. The number of ether oxygens (including phenoxy) is 1. The molecule has 1 aliphatic heterocycles. The van der Waals surface area contributed by atoms with Crippen molar-refractivity contribution >= 4 is 27.3 Å². The molecule has 2 aromatic carbocycles. The van der Waals surface area contributed by atoms with Gasteiger partial charge in [0.1, 0.15) is 5.75 Å². The van der Waals surface area contributed by atoms with E-state index in [2.05, 4.69) is 5.32 Å². The molecule has 1 aliphatic carbocycles. The Hall–Kier alpha value is -2.54. The van der Waals surface area contributed by atoms with Gasteiger partial charge in [0.15, 0.2) is 0 Å². The normalized spacial score (nSPS) is 19.1. The van der Waals surface area contributed by atoms with E-state index < -0.39 is 10.0 Å². The van der Waals surface area contributed by atoms with Crippen molar-refractivity contribution in [2.24, 2.45) is 0 Å². The summed E-state index contributed by atoms with van der Waals surface area (Å²) in [4.78, 5) is 12.7. The molecule has 1 heterocycles. The van der Waals surface area contributed by atoms with Crippen LogP contribution in [0.2, 0.25) is 0 Å². The van der Waals surface area contributed by atoms with Crippen LogP contribution in [0.5, 0.6) is 5.75 Å². The van der Waals surface area contributed by atoms with Gasteiger partial charge in [0.05, 0.1) is 17.5 Å². The number of nitrogens with one attached hydrogen (secondary N) is 1. The Labute approximate surface area is 171 Å². The second kappa shape index (κ2) is 8.45. The Morgan fingerprint density at radius 1 is 1.00 bits per heavy atom. The van der Waals surface area contributed by atoms with Crippen molar-refractivity contribution in [3.05, 3.63) is 54.1 Å². The average Bonchev–Trinajstić information content (AvgIpc) is 3.22. The number of amides is 1. The third kappa shape index (κ3) is 4.72. The molecule has 1 saturated heterocycles. The molecule has 2 fully saturated rings. The van der Waals surface area contributed by atoms with Gasteiger partial charge in [0.2, 0.25) is 10.0 Å². The molecule has 0 aromatic heterocycles. The van der Waals surface area contributed by atoms with Crippen molar-refractivity contribution in [2.45, 2.75) is 44.6 Å². The van der Waals surface area contributed by atoms with E-state index in [1.807, 2.05) is 24.3 Å². The first-order chi connectivity index (χ1) is 14.0. The summed E-state index contributed by atoms with van der Waals surface area (Å²) in [6, 6.07) is 14.1. The number of anilines is 2. The molecule has 2 aliphatic rings. The maximum absolute atomic E-state index is 12.7. The van der Waals surface area contributed by atoms with Crippen molar-refractivity contribution in [3.63, 3.8) is 0 Å². The monoisotopic (exact) mass is 414 g/mol. The van der Waals surface area contributed by atoms with E-state index >= 15 is 0 Å². The Morgan fingerprint density at radius 3 is 2.48 bits per heavy atom. The Bertz CT molecular complexity index is 967. The van der Waals surface area contributed by atoms with Crippen molar-refractivity contribution < 1.29 is 17.9 Å². The Kier molecular flexibility index (Phi) is 5.76. The fraction of sp³-hybridized carbons (Fsp3) is 0.409. The quantitative estimate of drug-likeness (QED) is 0.796. The van der Waals surface area contributed by atoms with Gasteiger partial charge in [0.25, 0.3) is 5.91 Å². The number of carbonyl (C=O) groups excluding carboxylic acids is 1. The minimum atomic E-state index is -3.31. The first kappa shape index (κ1) is 19.8. The lowest BCUT2D eigenvalue weighted by Crippen LogP contribution is -2.37. The highest BCUT2D eigenvalue weighted by Crippen LogP contribution is 2.26. The molecular weight excluding hydrogens is 388 g/mol. The summed E-state index contributed by atoms with van der Waals surface area (Å²) < 4.78 is 32.0. The van der Waals surface area contributed by atoms with Crippen LogP contribution in [0.25, 0.3) is 0 Å². The van der Waals surface area contributed by atoms with Gasteiger partial charge < -0.3 is 10.1 Å². The third-order valence-corrected chi connectivity index (χ3v) is 7.33. The van der Waals surface area contributed by atoms with Crippen LogP contribution < -0.4 is 14.4 Å². The molecule has 1 N–H and O–H groups in total. The molecule has 0 spiro atoms. The van der Waals surface area contributed by atoms with E-state index in [0.29, 0.717) is 36.0 Å². The molecule has 0 unspecified atom stereocenters. The summed E-state index contributed by atoms with van der Waals surface area (Å²) in [7, 11) is -3.31. The minimum Gasteiger partial charge on any atom is -0.490 e. The number of benzene rings is 2. The number of nitrogens with zero attached hydrogens (tertiary/aromatic N) is 1. The summed E-state index contributed by atoms with van der Waals surface area (Å²) in [5, 5.41) is 2.87. The summed E-state index contributed by atoms with van der Waals surface area (Å²) in [6.45, 7) is 0.454. The molecule has 154 valence electrons. The standard InChI is InChI=1S/C22H26N2O4S/c25-22(23-18-10-12-21(13-11-18)28-20-8-1-2-9-20)17-6-5-7-19(16-17)24-14-3-4-15-29(24,26)27/h5-7,10-13,16,20H,1-4,8-9,14-15H2,(H,23,25). The summed E-state index contributed by atoms with van der Waals surface area (Å²) >= 11 is 0. The summed E-state index contributed by atoms with van der Waals surface area (Å²) in [5.74, 6) is 0.691. The van der Waals surface area contributed by atoms with Crippen LogP contribution in [-0.2, 0) is 10.0 Å². The predicted octanol–water partition coefficient (Wildman–Crippen LogP) is 4.19. The maximum atomic E-state index is 12.7. The Balaban J connectivity index is 1.43. The first-order valence-electron chi connectivity index (χ1n) is 10.2. The fourth-order valence-electron chi connectivity index (χ4n) is 3.90. The van der Waals surface area contributed by atoms with Crippen molar-refractivity contribution in [3.8, 4) is 5.75 Å². The largest absolute Gasteiger partial charge is 0.490 e. The van der Waals surface area contributed by atoms with Crippen LogP contribution in [-0.4, -0.2) is 32.7 Å². The first-order valence-corrected chi connectivity index (χ1v) is 11.8. The van der Waals surface area contributed by atoms with Crippen LogP contribution in [0.1, 0.15) is 48.9 Å². The van der Waals surface area contributed by atoms with E-state index in [-0.39, 0.29) is 11.7 Å². The Morgan fingerprint density at radius 2 is 1.76 bits per heavy atom. The average molecular weight is 415 g/mol. The topological polar surface area (TPSA) is 75.7 Å². The van der Waals surface area contributed by atoms with Gasteiger partial charge in [0, 0.05) is 17.8 Å². The van der Waals surface area contributed by atoms with Crippen molar-refractivity contribution in [1.29, 1.82) is 0 Å². The minimum absolute atomic E-state index is 0.151. The van der Waals surface area contributed by atoms with Gasteiger partial charge in [-0.25, -0.2) is 8.42 Å². The molecule has 1 saturated carbocycles. The van der Waals surface area contributed by atoms with E-state index in [4.69, 9.17) is 4.74 Å². The van der Waals surface area contributed by atoms with E-state index in [1.54, 1.807) is 24.3 Å². The van der Waals surface area contributed by atoms with Gasteiger partial charge in [-0.1, -0.05) is 6.07 Å². The number of hydrogen-bond acceptors (Lipinski definition) is 4. The number of hydrogen-bond donors (Lipinski definition) is 1. The van der Waals surface area contributed by atoms with Crippen LogP contribution in [0, 0.1) is 0 Å². The van der Waals surface area contributed by atoms with Gasteiger partial charge in [-0.3, -0.25) is 9.10 Å². The second-order valence-electron chi connectivity index (χ2n) is 7.65. The molecule has 7 heteroatoms. The highest BCUT2D eigenvalue weighted by molar-refractivity contribution is 7.92. The van der Waals surface area contributed by atoms with Crippen LogP contribution in [0.3, 0.4) is 0 Å². The molecule has 1 amide bonds. The van der Waals surface area contributed by atoms with E-state index in [0.717, 1.165) is 25.0 Å². The van der Waals surface area contributed by atoms with E-state index in [1.165, 1.54) is 17.1 Å². The predicted molar refractivity (Wildman–Crippen MR) is 114 cm³/mol.